The Balaban J connectivity index is 2.25. The zero-order valence-electron chi connectivity index (χ0n) is 9.61. The van der Waals surface area contributed by atoms with Crippen LogP contribution >= 0.6 is 0 Å². The minimum absolute atomic E-state index is 0.191. The maximum atomic E-state index is 8.91. The van der Waals surface area contributed by atoms with E-state index in [1.807, 2.05) is 13.0 Å². The van der Waals surface area contributed by atoms with Gasteiger partial charge in [0.1, 0.15) is 0 Å². The fourth-order valence-electron chi connectivity index (χ4n) is 1.65. The Morgan fingerprint density at radius 2 is 1.80 bits per heavy atom. The van der Waals surface area contributed by atoms with Crippen molar-refractivity contribution in [3.05, 3.63) is 35.9 Å². The van der Waals surface area contributed by atoms with Crippen LogP contribution in [0.3, 0.4) is 0 Å². The molecule has 0 radical (unpaired) electrons. The molecule has 0 saturated carbocycles. The van der Waals surface area contributed by atoms with Crippen LogP contribution in [-0.4, -0.2) is 23.8 Å². The molecule has 2 nitrogen and oxygen atoms in total. The van der Waals surface area contributed by atoms with Gasteiger partial charge in [-0.1, -0.05) is 30.3 Å². The van der Waals surface area contributed by atoms with Crippen LogP contribution in [0.25, 0.3) is 0 Å². The van der Waals surface area contributed by atoms with Gasteiger partial charge in [-0.2, -0.15) is 0 Å². The lowest BCUT2D eigenvalue weighted by Gasteiger charge is -2.18. The van der Waals surface area contributed by atoms with Gasteiger partial charge in [0, 0.05) is 12.1 Å². The van der Waals surface area contributed by atoms with Crippen LogP contribution in [0.5, 0.6) is 0 Å². The topological polar surface area (TPSA) is 32.3 Å². The molecule has 0 aliphatic carbocycles. The maximum Gasteiger partial charge on any atom is 0.0582 e. The third kappa shape index (κ3) is 4.96. The molecule has 1 aromatic rings. The lowest BCUT2D eigenvalue weighted by Crippen LogP contribution is -2.36. The van der Waals surface area contributed by atoms with Gasteiger partial charge in [0.05, 0.1) is 6.61 Å². The van der Waals surface area contributed by atoms with E-state index in [1.165, 1.54) is 5.56 Å². The molecule has 0 aromatic heterocycles. The standard InChI is InChI=1S/C13H21NO/c1-11(14-12(2)10-15)8-9-13-6-4-3-5-7-13/h3-7,11-12,14-15H,8-10H2,1-2H3/t11?,12-/m0/s1. The molecule has 1 rings (SSSR count). The van der Waals surface area contributed by atoms with E-state index < -0.39 is 0 Å². The number of aryl methyl sites for hydroxylation is 1. The van der Waals surface area contributed by atoms with Crippen molar-refractivity contribution in [3.8, 4) is 0 Å². The first-order valence-corrected chi connectivity index (χ1v) is 5.63. The summed E-state index contributed by atoms with van der Waals surface area (Å²) in [6, 6.07) is 11.1. The fourth-order valence-corrected chi connectivity index (χ4v) is 1.65. The molecule has 2 atom stereocenters. The summed E-state index contributed by atoms with van der Waals surface area (Å²) in [6.45, 7) is 4.36. The third-order valence-electron chi connectivity index (χ3n) is 2.55. The van der Waals surface area contributed by atoms with Crippen molar-refractivity contribution in [2.24, 2.45) is 0 Å². The van der Waals surface area contributed by atoms with Gasteiger partial charge in [0.2, 0.25) is 0 Å². The highest BCUT2D eigenvalue weighted by molar-refractivity contribution is 5.14. The van der Waals surface area contributed by atoms with E-state index in [4.69, 9.17) is 5.11 Å². The number of hydrogen-bond donors (Lipinski definition) is 2. The fraction of sp³-hybridized carbons (Fsp3) is 0.538. The smallest absolute Gasteiger partial charge is 0.0582 e. The molecule has 84 valence electrons. The SMILES string of the molecule is CC(CCc1ccccc1)N[C@@H](C)CO. The average Bonchev–Trinajstić information content (AvgIpc) is 2.27. The van der Waals surface area contributed by atoms with Crippen molar-refractivity contribution >= 4 is 0 Å². The van der Waals surface area contributed by atoms with Gasteiger partial charge in [-0.3, -0.25) is 0 Å². The van der Waals surface area contributed by atoms with E-state index in [9.17, 15) is 0 Å². The van der Waals surface area contributed by atoms with Crippen LogP contribution in [0, 0.1) is 0 Å². The predicted molar refractivity (Wildman–Crippen MR) is 63.9 cm³/mol. The number of hydrogen-bond acceptors (Lipinski definition) is 2. The highest BCUT2D eigenvalue weighted by Crippen LogP contribution is 2.05. The van der Waals surface area contributed by atoms with Crippen molar-refractivity contribution in [1.82, 2.24) is 5.32 Å². The van der Waals surface area contributed by atoms with E-state index in [-0.39, 0.29) is 12.6 Å². The number of rotatable bonds is 6. The molecule has 0 aliphatic rings. The first-order chi connectivity index (χ1) is 7.22. The van der Waals surface area contributed by atoms with Crippen LogP contribution < -0.4 is 5.32 Å². The summed E-state index contributed by atoms with van der Waals surface area (Å²) >= 11 is 0. The minimum Gasteiger partial charge on any atom is -0.395 e. The molecule has 2 N–H and O–H groups in total. The summed E-state index contributed by atoms with van der Waals surface area (Å²) in [7, 11) is 0. The van der Waals surface area contributed by atoms with Crippen molar-refractivity contribution in [1.29, 1.82) is 0 Å². The lowest BCUT2D eigenvalue weighted by atomic mass is 10.1. The Hall–Kier alpha value is -0.860. The summed E-state index contributed by atoms with van der Waals surface area (Å²) in [4.78, 5) is 0. The summed E-state index contributed by atoms with van der Waals surface area (Å²) in [5.74, 6) is 0. The molecule has 2 heteroatoms. The van der Waals surface area contributed by atoms with Gasteiger partial charge < -0.3 is 10.4 Å². The van der Waals surface area contributed by atoms with Crippen molar-refractivity contribution in [2.75, 3.05) is 6.61 Å². The molecule has 0 fully saturated rings. The van der Waals surface area contributed by atoms with Gasteiger partial charge in [-0.05, 0) is 32.3 Å². The van der Waals surface area contributed by atoms with E-state index in [2.05, 4.69) is 36.5 Å². The molecule has 1 aromatic carbocycles. The summed E-state index contributed by atoms with van der Waals surface area (Å²) < 4.78 is 0. The van der Waals surface area contributed by atoms with E-state index in [0.717, 1.165) is 12.8 Å². The molecule has 0 bridgehead atoms. The normalized spacial score (nSPS) is 14.9. The molecule has 0 spiro atoms. The van der Waals surface area contributed by atoms with E-state index in [0.29, 0.717) is 6.04 Å². The highest BCUT2D eigenvalue weighted by atomic mass is 16.3. The van der Waals surface area contributed by atoms with Crippen LogP contribution in [0.1, 0.15) is 25.8 Å². The van der Waals surface area contributed by atoms with Gasteiger partial charge in [-0.25, -0.2) is 0 Å². The minimum atomic E-state index is 0.191. The van der Waals surface area contributed by atoms with Crippen molar-refractivity contribution < 1.29 is 5.11 Å². The first kappa shape index (κ1) is 12.2. The van der Waals surface area contributed by atoms with Gasteiger partial charge >= 0.3 is 0 Å². The first-order valence-electron chi connectivity index (χ1n) is 5.63. The molecular formula is C13H21NO. The maximum absolute atomic E-state index is 8.91. The summed E-state index contributed by atoms with van der Waals surface area (Å²) in [6.07, 6.45) is 2.20. The second kappa shape index (κ2) is 6.59. The van der Waals surface area contributed by atoms with E-state index >= 15 is 0 Å². The second-order valence-corrected chi connectivity index (χ2v) is 4.18. The molecule has 15 heavy (non-hydrogen) atoms. The van der Waals surface area contributed by atoms with Gasteiger partial charge in [0.15, 0.2) is 0 Å². The number of nitrogens with one attached hydrogen (secondary N) is 1. The molecular weight excluding hydrogens is 186 g/mol. The highest BCUT2D eigenvalue weighted by Gasteiger charge is 2.05. The molecule has 0 heterocycles. The molecule has 1 unspecified atom stereocenters. The Labute approximate surface area is 92.3 Å². The number of benzene rings is 1. The van der Waals surface area contributed by atoms with Gasteiger partial charge in [0.25, 0.3) is 0 Å². The average molecular weight is 207 g/mol. The van der Waals surface area contributed by atoms with Crippen LogP contribution in [0.4, 0.5) is 0 Å². The van der Waals surface area contributed by atoms with Crippen molar-refractivity contribution in [2.45, 2.75) is 38.8 Å². The van der Waals surface area contributed by atoms with Gasteiger partial charge in [-0.15, -0.1) is 0 Å². The monoisotopic (exact) mass is 207 g/mol. The second-order valence-electron chi connectivity index (χ2n) is 4.18. The van der Waals surface area contributed by atoms with Crippen LogP contribution in [0.2, 0.25) is 0 Å². The molecule has 0 aliphatic heterocycles. The molecule has 0 saturated heterocycles. The summed E-state index contributed by atoms with van der Waals surface area (Å²) in [5.41, 5.74) is 1.38. The largest absolute Gasteiger partial charge is 0.395 e. The Morgan fingerprint density at radius 1 is 1.13 bits per heavy atom. The Bertz CT molecular complexity index is 260. The zero-order valence-corrected chi connectivity index (χ0v) is 9.61. The Kier molecular flexibility index (Phi) is 5.37. The van der Waals surface area contributed by atoms with Crippen LogP contribution in [0.15, 0.2) is 30.3 Å². The zero-order chi connectivity index (χ0) is 11.1. The van der Waals surface area contributed by atoms with Crippen LogP contribution in [-0.2, 0) is 6.42 Å². The Morgan fingerprint density at radius 3 is 2.40 bits per heavy atom. The third-order valence-corrected chi connectivity index (χ3v) is 2.55. The molecule has 0 amide bonds. The quantitative estimate of drug-likeness (QED) is 0.747. The summed E-state index contributed by atoms with van der Waals surface area (Å²) in [5, 5.41) is 12.3. The number of aliphatic hydroxyl groups is 1. The lowest BCUT2D eigenvalue weighted by molar-refractivity contribution is 0.241. The van der Waals surface area contributed by atoms with Crippen molar-refractivity contribution in [3.63, 3.8) is 0 Å². The number of aliphatic hydroxyl groups excluding tert-OH is 1. The van der Waals surface area contributed by atoms with E-state index in [1.54, 1.807) is 0 Å². The predicted octanol–water partition coefficient (Wildman–Crippen LogP) is 1.98.